The standard InChI is InChI=1S/C21H33N5O6Si/c1-11(2)16(28)24-19-23-15-12(17(29)25-19)22-10-26(15)18-13-14(21(8-27,31-18)9-30-13)32-33(6,7)20(3,4)5/h10-11,13-14,18,27H,8-9H2,1-7H3,(H2,23,24,25,28,29)/t13?,14?,18-,21+/m1/s1. The van der Waals surface area contributed by atoms with Crippen LogP contribution >= 0.6 is 0 Å². The quantitative estimate of drug-likeness (QED) is 0.533. The molecular weight excluding hydrogens is 446 g/mol. The van der Waals surface area contributed by atoms with Gasteiger partial charge in [0.2, 0.25) is 11.9 Å². The van der Waals surface area contributed by atoms with Crippen LogP contribution in [0.25, 0.3) is 11.2 Å². The molecule has 1 amide bonds. The Morgan fingerprint density at radius 2 is 2.15 bits per heavy atom. The van der Waals surface area contributed by atoms with Crippen molar-refractivity contribution in [2.75, 3.05) is 18.5 Å². The fraction of sp³-hybridized carbons (Fsp3) is 0.714. The summed E-state index contributed by atoms with van der Waals surface area (Å²) in [6.07, 6.45) is -0.232. The van der Waals surface area contributed by atoms with Crippen molar-refractivity contribution in [3.8, 4) is 0 Å². The number of nitrogens with one attached hydrogen (secondary N) is 2. The highest BCUT2D eigenvalue weighted by atomic mass is 28.4. The first-order chi connectivity index (χ1) is 15.3. The number of imidazole rings is 1. The monoisotopic (exact) mass is 479 g/mol. The summed E-state index contributed by atoms with van der Waals surface area (Å²) in [5.74, 6) is -0.524. The maximum atomic E-state index is 12.6. The van der Waals surface area contributed by atoms with E-state index >= 15 is 0 Å². The molecule has 182 valence electrons. The molecule has 12 heteroatoms. The van der Waals surface area contributed by atoms with Gasteiger partial charge in [-0.15, -0.1) is 0 Å². The zero-order chi connectivity index (χ0) is 24.3. The molecule has 0 spiro atoms. The highest BCUT2D eigenvalue weighted by Gasteiger charge is 2.64. The molecule has 4 rings (SSSR count). The van der Waals surface area contributed by atoms with Gasteiger partial charge in [0.1, 0.15) is 17.8 Å². The van der Waals surface area contributed by atoms with Crippen molar-refractivity contribution in [2.24, 2.45) is 5.92 Å². The maximum absolute atomic E-state index is 12.6. The van der Waals surface area contributed by atoms with Crippen LogP contribution < -0.4 is 10.9 Å². The Bertz CT molecular complexity index is 1120. The molecule has 2 aliphatic rings. The molecule has 0 aliphatic carbocycles. The van der Waals surface area contributed by atoms with Crippen LogP contribution in [0.4, 0.5) is 5.95 Å². The zero-order valence-corrected chi connectivity index (χ0v) is 21.1. The summed E-state index contributed by atoms with van der Waals surface area (Å²) in [7, 11) is -2.21. The molecule has 2 fully saturated rings. The van der Waals surface area contributed by atoms with Crippen molar-refractivity contribution in [2.45, 2.75) is 76.8 Å². The second-order valence-corrected chi connectivity index (χ2v) is 15.4. The van der Waals surface area contributed by atoms with Crippen molar-refractivity contribution in [1.29, 1.82) is 0 Å². The summed E-state index contributed by atoms with van der Waals surface area (Å²) in [6.45, 7) is 14.1. The number of rotatable bonds is 6. The van der Waals surface area contributed by atoms with Crippen molar-refractivity contribution in [3.05, 3.63) is 16.7 Å². The van der Waals surface area contributed by atoms with Gasteiger partial charge < -0.3 is 19.0 Å². The van der Waals surface area contributed by atoms with E-state index in [-0.39, 0.29) is 47.2 Å². The maximum Gasteiger partial charge on any atom is 0.280 e. The Kier molecular flexibility index (Phi) is 5.81. The van der Waals surface area contributed by atoms with E-state index in [9.17, 15) is 14.7 Å². The predicted molar refractivity (Wildman–Crippen MR) is 123 cm³/mol. The molecule has 33 heavy (non-hydrogen) atoms. The molecule has 4 atom stereocenters. The number of ether oxygens (including phenoxy) is 2. The van der Waals surface area contributed by atoms with Gasteiger partial charge in [0.25, 0.3) is 5.56 Å². The number of hydrogen-bond donors (Lipinski definition) is 3. The van der Waals surface area contributed by atoms with Crippen LogP contribution in [0.3, 0.4) is 0 Å². The van der Waals surface area contributed by atoms with Crippen LogP contribution in [0.1, 0.15) is 40.8 Å². The Labute approximate surface area is 193 Å². The Morgan fingerprint density at radius 1 is 1.45 bits per heavy atom. The average Bonchev–Trinajstić information content (AvgIpc) is 3.37. The number of anilines is 1. The number of hydrogen-bond acceptors (Lipinski definition) is 8. The van der Waals surface area contributed by atoms with Crippen LogP contribution in [0, 0.1) is 5.92 Å². The van der Waals surface area contributed by atoms with Crippen molar-refractivity contribution in [1.82, 2.24) is 19.5 Å². The highest BCUT2D eigenvalue weighted by molar-refractivity contribution is 6.74. The number of aliphatic hydroxyl groups is 1. The van der Waals surface area contributed by atoms with Crippen LogP contribution in [-0.4, -0.2) is 69.9 Å². The molecule has 3 N–H and O–H groups in total. The van der Waals surface area contributed by atoms with Crippen molar-refractivity contribution < 1.29 is 23.8 Å². The summed E-state index contributed by atoms with van der Waals surface area (Å²) in [4.78, 5) is 35.8. The molecule has 2 aliphatic heterocycles. The van der Waals surface area contributed by atoms with Gasteiger partial charge in [-0.25, -0.2) is 4.98 Å². The number of aromatic nitrogens is 4. The van der Waals surface area contributed by atoms with E-state index in [1.807, 2.05) is 0 Å². The van der Waals surface area contributed by atoms with Gasteiger partial charge in [-0.3, -0.25) is 24.5 Å². The molecule has 0 saturated carbocycles. The Balaban J connectivity index is 1.71. The highest BCUT2D eigenvalue weighted by Crippen LogP contribution is 2.50. The first-order valence-electron chi connectivity index (χ1n) is 11.2. The van der Waals surface area contributed by atoms with Crippen molar-refractivity contribution in [3.63, 3.8) is 0 Å². The second kappa shape index (κ2) is 7.98. The van der Waals surface area contributed by atoms with Crippen molar-refractivity contribution >= 4 is 31.3 Å². The lowest BCUT2D eigenvalue weighted by Crippen LogP contribution is -2.52. The van der Waals surface area contributed by atoms with Gasteiger partial charge >= 0.3 is 0 Å². The summed E-state index contributed by atoms with van der Waals surface area (Å²) in [5, 5.41) is 12.8. The first kappa shape index (κ1) is 24.0. The number of fused-ring (bicyclic) bond motifs is 3. The van der Waals surface area contributed by atoms with Gasteiger partial charge in [0.15, 0.2) is 25.7 Å². The van der Waals surface area contributed by atoms with Crippen LogP contribution in [-0.2, 0) is 18.7 Å². The molecule has 4 heterocycles. The minimum atomic E-state index is -2.21. The van der Waals surface area contributed by atoms with Crippen LogP contribution in [0.5, 0.6) is 0 Å². The SMILES string of the molecule is CC(C)C(=O)Nc1nc2c(ncn2[C@@H]2O[C@@]3(CO)COC2C3O[Si](C)(C)C(C)(C)C)c(=O)[nH]1. The molecule has 2 aromatic rings. The number of carbonyl (C=O) groups excluding carboxylic acids is 1. The molecular formula is C21H33N5O6Si. The normalized spacial score (nSPS) is 27.6. The number of aliphatic hydroxyl groups excluding tert-OH is 1. The Morgan fingerprint density at radius 3 is 2.76 bits per heavy atom. The topological polar surface area (TPSA) is 141 Å². The Hall–Kier alpha value is -2.12. The van der Waals surface area contributed by atoms with Gasteiger partial charge in [0.05, 0.1) is 19.5 Å². The summed E-state index contributed by atoms with van der Waals surface area (Å²) in [6, 6.07) is 0. The smallest absolute Gasteiger partial charge is 0.280 e. The predicted octanol–water partition coefficient (Wildman–Crippen LogP) is 1.76. The summed E-state index contributed by atoms with van der Waals surface area (Å²) >= 11 is 0. The molecule has 0 aromatic carbocycles. The van der Waals surface area contributed by atoms with E-state index in [0.29, 0.717) is 0 Å². The lowest BCUT2D eigenvalue weighted by molar-refractivity contribution is -0.185. The number of aromatic amines is 1. The van der Waals surface area contributed by atoms with E-state index in [0.717, 1.165) is 0 Å². The fourth-order valence-electron chi connectivity index (χ4n) is 3.84. The third kappa shape index (κ3) is 3.93. The van der Waals surface area contributed by atoms with E-state index in [1.165, 1.54) is 6.33 Å². The third-order valence-corrected chi connectivity index (χ3v) is 11.4. The van der Waals surface area contributed by atoms with Crippen LogP contribution in [0.2, 0.25) is 18.1 Å². The number of amides is 1. The number of nitrogens with zero attached hydrogens (tertiary/aromatic N) is 3. The molecule has 11 nitrogen and oxygen atoms in total. The zero-order valence-electron chi connectivity index (χ0n) is 20.1. The third-order valence-electron chi connectivity index (χ3n) is 6.94. The largest absolute Gasteiger partial charge is 0.408 e. The first-order valence-corrected chi connectivity index (χ1v) is 14.1. The lowest BCUT2D eigenvalue weighted by atomic mass is 10.0. The molecule has 2 unspecified atom stereocenters. The molecule has 2 aromatic heterocycles. The molecule has 2 bridgehead atoms. The minimum absolute atomic E-state index is 0.0305. The average molecular weight is 480 g/mol. The second-order valence-electron chi connectivity index (χ2n) is 10.7. The minimum Gasteiger partial charge on any atom is -0.408 e. The number of H-pyrrole nitrogens is 1. The van der Waals surface area contributed by atoms with E-state index in [1.54, 1.807) is 18.4 Å². The lowest BCUT2D eigenvalue weighted by Gasteiger charge is -2.40. The fourth-order valence-corrected chi connectivity index (χ4v) is 5.17. The number of carbonyl (C=O) groups is 1. The molecule has 2 saturated heterocycles. The van der Waals surface area contributed by atoms with E-state index < -0.39 is 37.9 Å². The van der Waals surface area contributed by atoms with Gasteiger partial charge in [0, 0.05) is 5.92 Å². The van der Waals surface area contributed by atoms with Gasteiger partial charge in [-0.1, -0.05) is 34.6 Å². The van der Waals surface area contributed by atoms with Gasteiger partial charge in [-0.2, -0.15) is 4.98 Å². The molecule has 0 radical (unpaired) electrons. The summed E-state index contributed by atoms with van der Waals surface area (Å²) < 4.78 is 20.6. The van der Waals surface area contributed by atoms with Crippen LogP contribution in [0.15, 0.2) is 11.1 Å². The summed E-state index contributed by atoms with van der Waals surface area (Å²) in [5.41, 5.74) is -1.13. The van der Waals surface area contributed by atoms with E-state index in [2.05, 4.69) is 54.1 Å². The van der Waals surface area contributed by atoms with Gasteiger partial charge in [-0.05, 0) is 18.1 Å². The van der Waals surface area contributed by atoms with E-state index in [4.69, 9.17) is 13.9 Å².